The molecule has 0 spiro atoms. The predicted molar refractivity (Wildman–Crippen MR) is 137 cm³/mol. The molecule has 1 aliphatic carbocycles. The van der Waals surface area contributed by atoms with Crippen LogP contribution in [-0.4, -0.2) is 28.9 Å². The Morgan fingerprint density at radius 2 is 1.70 bits per heavy atom. The standard InChI is InChI=1S/C24H24Cl4N2O3/c1-5-33-13(4)22(31)29-17-7-6-8-18(19(17)12(2)3)30-23(32)21-20(24(21,27)28)14-9-15(25)11-16(26)10-14/h6-11,13,20-21H,2,5H2,1,3-4H3,(H,29,31)(H,30,32)/t13?,20-,21+/m0/s1. The molecule has 2 N–H and O–H groups in total. The SMILES string of the molecule is C=C(C)c1c(NC(=O)C(C)OCC)cccc1NC(=O)[C@H]1[C@H](c2cc(Cl)cc(Cl)c2)C1(Cl)Cl. The Bertz CT molecular complexity index is 1080. The van der Waals surface area contributed by atoms with Gasteiger partial charge >= 0.3 is 0 Å². The molecule has 33 heavy (non-hydrogen) atoms. The van der Waals surface area contributed by atoms with Crippen LogP contribution in [0.1, 0.15) is 37.8 Å². The average Bonchev–Trinajstić information content (AvgIpc) is 3.29. The lowest BCUT2D eigenvalue weighted by Gasteiger charge is -2.18. The summed E-state index contributed by atoms with van der Waals surface area (Å²) in [5, 5.41) is 6.59. The number of hydrogen-bond donors (Lipinski definition) is 2. The summed E-state index contributed by atoms with van der Waals surface area (Å²) in [6.07, 6.45) is -0.629. The number of hydrogen-bond acceptors (Lipinski definition) is 3. The van der Waals surface area contributed by atoms with Crippen LogP contribution >= 0.6 is 46.4 Å². The zero-order valence-electron chi connectivity index (χ0n) is 18.3. The summed E-state index contributed by atoms with van der Waals surface area (Å²) < 4.78 is 4.05. The molecule has 1 fully saturated rings. The Hall–Kier alpha value is -1.76. The number of amides is 2. The number of carbonyl (C=O) groups is 2. The van der Waals surface area contributed by atoms with E-state index >= 15 is 0 Å². The van der Waals surface area contributed by atoms with Crippen molar-refractivity contribution < 1.29 is 14.3 Å². The lowest BCUT2D eigenvalue weighted by atomic mass is 10.0. The fourth-order valence-corrected chi connectivity index (χ4v) is 5.18. The van der Waals surface area contributed by atoms with Crippen molar-refractivity contribution in [3.63, 3.8) is 0 Å². The second kappa shape index (κ2) is 10.2. The van der Waals surface area contributed by atoms with Crippen molar-refractivity contribution in [1.82, 2.24) is 0 Å². The number of anilines is 2. The van der Waals surface area contributed by atoms with Gasteiger partial charge in [0.05, 0.1) is 17.3 Å². The summed E-state index contributed by atoms with van der Waals surface area (Å²) in [7, 11) is 0. The fraction of sp³-hybridized carbons (Fsp3) is 0.333. The molecule has 0 aromatic heterocycles. The van der Waals surface area contributed by atoms with Crippen LogP contribution in [0.4, 0.5) is 11.4 Å². The van der Waals surface area contributed by atoms with E-state index < -0.39 is 22.3 Å². The van der Waals surface area contributed by atoms with Crippen LogP contribution in [0.3, 0.4) is 0 Å². The first kappa shape index (κ1) is 25.9. The molecule has 2 aromatic carbocycles. The third-order valence-corrected chi connectivity index (χ3v) is 6.75. The molecular formula is C24H24Cl4N2O3. The number of ether oxygens (including phenoxy) is 1. The minimum atomic E-state index is -1.31. The molecule has 1 unspecified atom stereocenters. The van der Waals surface area contributed by atoms with E-state index in [2.05, 4.69) is 17.2 Å². The second-order valence-electron chi connectivity index (χ2n) is 7.92. The maximum Gasteiger partial charge on any atom is 0.253 e. The van der Waals surface area contributed by atoms with E-state index in [0.717, 1.165) is 0 Å². The Morgan fingerprint density at radius 1 is 1.12 bits per heavy atom. The van der Waals surface area contributed by atoms with E-state index in [4.69, 9.17) is 51.1 Å². The summed E-state index contributed by atoms with van der Waals surface area (Å²) >= 11 is 25.1. The maximum absolute atomic E-state index is 13.2. The molecule has 2 aromatic rings. The molecule has 0 heterocycles. The third kappa shape index (κ3) is 5.67. The monoisotopic (exact) mass is 528 g/mol. The van der Waals surface area contributed by atoms with Gasteiger partial charge in [-0.3, -0.25) is 9.59 Å². The smallest absolute Gasteiger partial charge is 0.253 e. The van der Waals surface area contributed by atoms with Gasteiger partial charge in [0.25, 0.3) is 5.91 Å². The molecule has 1 saturated carbocycles. The van der Waals surface area contributed by atoms with E-state index in [9.17, 15) is 9.59 Å². The van der Waals surface area contributed by atoms with Crippen molar-refractivity contribution >= 4 is 75.2 Å². The molecule has 0 saturated heterocycles. The Balaban J connectivity index is 1.85. The molecule has 0 aliphatic heterocycles. The summed E-state index contributed by atoms with van der Waals surface area (Å²) in [6.45, 7) is 9.68. The number of nitrogens with one attached hydrogen (secondary N) is 2. The van der Waals surface area contributed by atoms with Gasteiger partial charge in [0.2, 0.25) is 5.91 Å². The quantitative estimate of drug-likeness (QED) is 0.365. The first-order valence-electron chi connectivity index (χ1n) is 10.3. The average molecular weight is 530 g/mol. The van der Waals surface area contributed by atoms with Crippen molar-refractivity contribution in [2.75, 3.05) is 17.2 Å². The Kier molecular flexibility index (Phi) is 8.03. The van der Waals surface area contributed by atoms with Crippen molar-refractivity contribution in [3.05, 3.63) is 64.1 Å². The minimum absolute atomic E-state index is 0.302. The van der Waals surface area contributed by atoms with Gasteiger partial charge in [-0.1, -0.05) is 35.8 Å². The molecule has 0 radical (unpaired) electrons. The molecule has 2 amide bonds. The molecular weight excluding hydrogens is 506 g/mol. The van der Waals surface area contributed by atoms with Gasteiger partial charge in [-0.05, 0) is 62.2 Å². The van der Waals surface area contributed by atoms with Crippen LogP contribution in [0.25, 0.3) is 5.57 Å². The van der Waals surface area contributed by atoms with Crippen molar-refractivity contribution in [1.29, 1.82) is 0 Å². The van der Waals surface area contributed by atoms with E-state index in [-0.39, 0.29) is 11.8 Å². The zero-order valence-corrected chi connectivity index (χ0v) is 21.4. The van der Waals surface area contributed by atoms with Crippen LogP contribution in [0.15, 0.2) is 43.0 Å². The first-order valence-corrected chi connectivity index (χ1v) is 11.8. The van der Waals surface area contributed by atoms with E-state index in [0.29, 0.717) is 44.7 Å². The molecule has 176 valence electrons. The highest BCUT2D eigenvalue weighted by Crippen LogP contribution is 2.65. The normalized spacial score (nSPS) is 19.5. The fourth-order valence-electron chi connectivity index (χ4n) is 3.81. The second-order valence-corrected chi connectivity index (χ2v) is 10.2. The minimum Gasteiger partial charge on any atom is -0.369 e. The van der Waals surface area contributed by atoms with Gasteiger partial charge in [-0.15, -0.1) is 23.2 Å². The van der Waals surface area contributed by atoms with Gasteiger partial charge in [-0.2, -0.15) is 0 Å². The first-order chi connectivity index (χ1) is 15.5. The molecule has 3 rings (SSSR count). The van der Waals surface area contributed by atoms with Crippen LogP contribution in [0.2, 0.25) is 10.0 Å². The number of halogens is 4. The summed E-state index contributed by atoms with van der Waals surface area (Å²) in [6, 6.07) is 10.2. The molecule has 3 atom stereocenters. The molecule has 1 aliphatic rings. The van der Waals surface area contributed by atoms with Gasteiger partial charge in [-0.25, -0.2) is 0 Å². The van der Waals surface area contributed by atoms with E-state index in [1.807, 2.05) is 6.92 Å². The van der Waals surface area contributed by atoms with Gasteiger partial charge in [0, 0.05) is 28.1 Å². The Morgan fingerprint density at radius 3 is 2.24 bits per heavy atom. The predicted octanol–water partition coefficient (Wildman–Crippen LogP) is 6.92. The lowest BCUT2D eigenvalue weighted by molar-refractivity contribution is -0.126. The van der Waals surface area contributed by atoms with Crippen LogP contribution in [0, 0.1) is 5.92 Å². The van der Waals surface area contributed by atoms with E-state index in [1.165, 1.54) is 0 Å². The lowest BCUT2D eigenvalue weighted by Crippen LogP contribution is -2.28. The Labute approximate surface area is 213 Å². The number of rotatable bonds is 8. The van der Waals surface area contributed by atoms with Crippen molar-refractivity contribution in [2.45, 2.75) is 37.1 Å². The number of carbonyl (C=O) groups excluding carboxylic acids is 2. The van der Waals surface area contributed by atoms with Gasteiger partial charge in [0.1, 0.15) is 10.4 Å². The highest BCUT2D eigenvalue weighted by atomic mass is 35.5. The molecule has 0 bridgehead atoms. The van der Waals surface area contributed by atoms with Crippen molar-refractivity contribution in [3.8, 4) is 0 Å². The highest BCUT2D eigenvalue weighted by Gasteiger charge is 2.67. The third-order valence-electron chi connectivity index (χ3n) is 5.37. The van der Waals surface area contributed by atoms with Gasteiger partial charge in [0.15, 0.2) is 0 Å². The van der Waals surface area contributed by atoms with Crippen LogP contribution in [0.5, 0.6) is 0 Å². The topological polar surface area (TPSA) is 67.4 Å². The number of benzene rings is 2. The highest BCUT2D eigenvalue weighted by molar-refractivity contribution is 6.53. The summed E-state index contributed by atoms with van der Waals surface area (Å²) in [5.41, 5.74) is 2.92. The zero-order chi connectivity index (χ0) is 24.5. The largest absolute Gasteiger partial charge is 0.369 e. The molecule has 5 nitrogen and oxygen atoms in total. The van der Waals surface area contributed by atoms with Crippen LogP contribution in [-0.2, 0) is 14.3 Å². The van der Waals surface area contributed by atoms with E-state index in [1.54, 1.807) is 50.2 Å². The van der Waals surface area contributed by atoms with Gasteiger partial charge < -0.3 is 15.4 Å². The maximum atomic E-state index is 13.2. The summed E-state index contributed by atoms with van der Waals surface area (Å²) in [5.74, 6) is -1.86. The van der Waals surface area contributed by atoms with Crippen LogP contribution < -0.4 is 10.6 Å². The molecule has 9 heteroatoms. The van der Waals surface area contributed by atoms with Crippen molar-refractivity contribution in [2.24, 2.45) is 5.92 Å². The number of allylic oxidation sites excluding steroid dienone is 1. The summed E-state index contributed by atoms with van der Waals surface area (Å²) in [4.78, 5) is 25.6. The number of alkyl halides is 2.